The van der Waals surface area contributed by atoms with Crippen molar-refractivity contribution >= 4 is 28.9 Å². The lowest BCUT2D eigenvalue weighted by molar-refractivity contribution is -0.384. The van der Waals surface area contributed by atoms with Crippen molar-refractivity contribution in [3.8, 4) is 5.75 Å². The SMILES string of the molecule is CC(C)(Oc1ccc([N+](=O)[O-])cc1)c1ccc(Cl)cc1Cl. The van der Waals surface area contributed by atoms with Gasteiger partial charge in [-0.25, -0.2) is 0 Å². The van der Waals surface area contributed by atoms with Crippen LogP contribution in [0.3, 0.4) is 0 Å². The van der Waals surface area contributed by atoms with E-state index in [0.29, 0.717) is 15.8 Å². The molecule has 0 fully saturated rings. The summed E-state index contributed by atoms with van der Waals surface area (Å²) < 4.78 is 5.89. The summed E-state index contributed by atoms with van der Waals surface area (Å²) in [5.74, 6) is 0.525. The number of non-ortho nitro benzene ring substituents is 1. The molecule has 0 aliphatic carbocycles. The predicted octanol–water partition coefficient (Wildman–Crippen LogP) is 5.22. The highest BCUT2D eigenvalue weighted by atomic mass is 35.5. The van der Waals surface area contributed by atoms with Crippen LogP contribution in [-0.4, -0.2) is 4.92 Å². The molecule has 0 heterocycles. The summed E-state index contributed by atoms with van der Waals surface area (Å²) in [6.07, 6.45) is 0. The maximum absolute atomic E-state index is 10.6. The molecule has 0 atom stereocenters. The molecule has 0 saturated carbocycles. The van der Waals surface area contributed by atoms with Gasteiger partial charge in [0.05, 0.1) is 4.92 Å². The second kappa shape index (κ2) is 5.92. The van der Waals surface area contributed by atoms with Crippen LogP contribution >= 0.6 is 23.2 Å². The number of nitro benzene ring substituents is 1. The quantitative estimate of drug-likeness (QED) is 0.572. The van der Waals surface area contributed by atoms with Gasteiger partial charge in [-0.3, -0.25) is 10.1 Å². The van der Waals surface area contributed by atoms with Gasteiger partial charge in [0.25, 0.3) is 5.69 Å². The lowest BCUT2D eigenvalue weighted by Gasteiger charge is -2.28. The fourth-order valence-corrected chi connectivity index (χ4v) is 2.60. The van der Waals surface area contributed by atoms with Crippen LogP contribution in [0, 0.1) is 10.1 Å². The maximum Gasteiger partial charge on any atom is 0.269 e. The standard InChI is InChI=1S/C15H13Cl2NO3/c1-15(2,13-8-3-10(16)9-14(13)17)21-12-6-4-11(5-7-12)18(19)20/h3-9H,1-2H3. The average molecular weight is 326 g/mol. The molecule has 110 valence electrons. The highest BCUT2D eigenvalue weighted by Gasteiger charge is 2.25. The van der Waals surface area contributed by atoms with Crippen LogP contribution in [0.5, 0.6) is 5.75 Å². The molecule has 6 heteroatoms. The van der Waals surface area contributed by atoms with Crippen molar-refractivity contribution in [2.75, 3.05) is 0 Å². The minimum atomic E-state index is -0.697. The monoisotopic (exact) mass is 325 g/mol. The third-order valence-electron chi connectivity index (χ3n) is 3.00. The van der Waals surface area contributed by atoms with Crippen molar-refractivity contribution in [1.29, 1.82) is 0 Å². The molecule has 0 radical (unpaired) electrons. The first-order chi connectivity index (χ1) is 9.79. The molecule has 21 heavy (non-hydrogen) atoms. The molecule has 2 aromatic rings. The van der Waals surface area contributed by atoms with Gasteiger partial charge in [-0.05, 0) is 38.1 Å². The van der Waals surface area contributed by atoms with E-state index in [1.165, 1.54) is 12.1 Å². The van der Waals surface area contributed by atoms with E-state index in [9.17, 15) is 10.1 Å². The van der Waals surface area contributed by atoms with Gasteiger partial charge in [-0.1, -0.05) is 29.3 Å². The molecule has 0 aliphatic heterocycles. The molecule has 0 spiro atoms. The number of nitrogens with zero attached hydrogens (tertiary/aromatic N) is 1. The van der Waals surface area contributed by atoms with Crippen molar-refractivity contribution in [3.05, 3.63) is 68.2 Å². The number of hydrogen-bond donors (Lipinski definition) is 0. The van der Waals surface area contributed by atoms with Crippen molar-refractivity contribution in [2.45, 2.75) is 19.4 Å². The predicted molar refractivity (Wildman–Crippen MR) is 83.2 cm³/mol. The lowest BCUT2D eigenvalue weighted by atomic mass is 9.98. The van der Waals surface area contributed by atoms with Gasteiger partial charge >= 0.3 is 0 Å². The third kappa shape index (κ3) is 3.65. The summed E-state index contributed by atoms with van der Waals surface area (Å²) in [5.41, 5.74) is 0.106. The Balaban J connectivity index is 2.25. The van der Waals surface area contributed by atoms with Crippen molar-refractivity contribution in [2.24, 2.45) is 0 Å². The zero-order valence-electron chi connectivity index (χ0n) is 11.5. The Labute approximate surface area is 132 Å². The van der Waals surface area contributed by atoms with E-state index in [-0.39, 0.29) is 5.69 Å². The zero-order chi connectivity index (χ0) is 15.6. The van der Waals surface area contributed by atoms with Crippen LogP contribution in [0.15, 0.2) is 42.5 Å². The molecule has 0 saturated heterocycles. The number of halogens is 2. The van der Waals surface area contributed by atoms with E-state index in [4.69, 9.17) is 27.9 Å². The van der Waals surface area contributed by atoms with Crippen LogP contribution in [-0.2, 0) is 5.60 Å². The molecule has 0 N–H and O–H groups in total. The molecule has 0 aromatic heterocycles. The lowest BCUT2D eigenvalue weighted by Crippen LogP contribution is -2.25. The Kier molecular flexibility index (Phi) is 4.40. The summed E-state index contributed by atoms with van der Waals surface area (Å²) in [6.45, 7) is 3.73. The van der Waals surface area contributed by atoms with Crippen LogP contribution in [0.1, 0.15) is 19.4 Å². The molecule has 0 aliphatic rings. The Morgan fingerprint density at radius 2 is 1.71 bits per heavy atom. The Hall–Kier alpha value is -1.78. The van der Waals surface area contributed by atoms with Gasteiger partial charge in [-0.2, -0.15) is 0 Å². The van der Waals surface area contributed by atoms with E-state index >= 15 is 0 Å². The summed E-state index contributed by atoms with van der Waals surface area (Å²) in [6, 6.07) is 11.1. The smallest absolute Gasteiger partial charge is 0.269 e. The summed E-state index contributed by atoms with van der Waals surface area (Å²) in [4.78, 5) is 10.2. The Morgan fingerprint density at radius 1 is 1.10 bits per heavy atom. The summed E-state index contributed by atoms with van der Waals surface area (Å²) in [5, 5.41) is 11.7. The first-order valence-corrected chi connectivity index (χ1v) is 6.94. The minimum Gasteiger partial charge on any atom is -0.483 e. The van der Waals surface area contributed by atoms with E-state index in [1.54, 1.807) is 30.3 Å². The molecular weight excluding hydrogens is 313 g/mol. The number of hydrogen-bond acceptors (Lipinski definition) is 3. The van der Waals surface area contributed by atoms with Crippen LogP contribution in [0.2, 0.25) is 10.0 Å². The molecule has 0 amide bonds. The van der Waals surface area contributed by atoms with Gasteiger partial charge in [0.2, 0.25) is 0 Å². The zero-order valence-corrected chi connectivity index (χ0v) is 13.0. The fraction of sp³-hybridized carbons (Fsp3) is 0.200. The van der Waals surface area contributed by atoms with Gasteiger partial charge in [0.15, 0.2) is 0 Å². The van der Waals surface area contributed by atoms with E-state index in [1.807, 2.05) is 13.8 Å². The Morgan fingerprint density at radius 3 is 2.24 bits per heavy atom. The maximum atomic E-state index is 10.6. The largest absolute Gasteiger partial charge is 0.483 e. The topological polar surface area (TPSA) is 52.4 Å². The van der Waals surface area contributed by atoms with Gasteiger partial charge < -0.3 is 4.74 Å². The van der Waals surface area contributed by atoms with Gasteiger partial charge in [0, 0.05) is 27.7 Å². The molecule has 2 aromatic carbocycles. The number of ether oxygens (including phenoxy) is 1. The molecule has 2 rings (SSSR count). The van der Waals surface area contributed by atoms with Crippen molar-refractivity contribution in [1.82, 2.24) is 0 Å². The minimum absolute atomic E-state index is 0.0182. The second-order valence-corrected chi connectivity index (χ2v) is 5.83. The number of benzene rings is 2. The first-order valence-electron chi connectivity index (χ1n) is 6.18. The van der Waals surface area contributed by atoms with Crippen LogP contribution < -0.4 is 4.74 Å². The van der Waals surface area contributed by atoms with E-state index in [2.05, 4.69) is 0 Å². The average Bonchev–Trinajstić information content (AvgIpc) is 2.38. The van der Waals surface area contributed by atoms with Crippen LogP contribution in [0.25, 0.3) is 0 Å². The highest BCUT2D eigenvalue weighted by Crippen LogP contribution is 2.34. The van der Waals surface area contributed by atoms with Crippen molar-refractivity contribution < 1.29 is 9.66 Å². The number of nitro groups is 1. The van der Waals surface area contributed by atoms with E-state index in [0.717, 1.165) is 5.56 Å². The molecule has 0 unspecified atom stereocenters. The summed E-state index contributed by atoms with van der Waals surface area (Å²) >= 11 is 12.1. The normalized spacial score (nSPS) is 11.2. The highest BCUT2D eigenvalue weighted by molar-refractivity contribution is 6.35. The van der Waals surface area contributed by atoms with E-state index < -0.39 is 10.5 Å². The fourth-order valence-electron chi connectivity index (χ4n) is 1.96. The van der Waals surface area contributed by atoms with Crippen LogP contribution in [0.4, 0.5) is 5.69 Å². The molecule has 0 bridgehead atoms. The van der Waals surface area contributed by atoms with Crippen molar-refractivity contribution in [3.63, 3.8) is 0 Å². The molecule has 4 nitrogen and oxygen atoms in total. The summed E-state index contributed by atoms with van der Waals surface area (Å²) in [7, 11) is 0. The Bertz CT molecular complexity index is 669. The van der Waals surface area contributed by atoms with Gasteiger partial charge in [-0.15, -0.1) is 0 Å². The first kappa shape index (κ1) is 15.6. The third-order valence-corrected chi connectivity index (χ3v) is 3.55. The number of rotatable bonds is 4. The second-order valence-electron chi connectivity index (χ2n) is 4.99. The van der Waals surface area contributed by atoms with Gasteiger partial charge in [0.1, 0.15) is 11.4 Å². The molecular formula is C15H13Cl2NO3.